The van der Waals surface area contributed by atoms with E-state index in [4.69, 9.17) is 18.0 Å². The molecule has 20 heavy (non-hydrogen) atoms. The fourth-order valence-corrected chi connectivity index (χ4v) is 3.11. The molecule has 0 aliphatic heterocycles. The second-order valence-electron chi connectivity index (χ2n) is 5.51. The van der Waals surface area contributed by atoms with Gasteiger partial charge < -0.3 is 11.1 Å². The van der Waals surface area contributed by atoms with Crippen LogP contribution in [0.2, 0.25) is 0 Å². The Morgan fingerprint density at radius 2 is 1.85 bits per heavy atom. The first-order chi connectivity index (χ1) is 9.58. The minimum Gasteiger partial charge on any atom is -0.392 e. The number of thiocarbonyl (C=S) groups is 1. The first-order valence-electron chi connectivity index (χ1n) is 7.29. The first kappa shape index (κ1) is 15.0. The van der Waals surface area contributed by atoms with Gasteiger partial charge in [0.05, 0.1) is 10.4 Å². The number of amides is 1. The Morgan fingerprint density at radius 1 is 1.25 bits per heavy atom. The number of carbonyl (C=O) groups excluding carboxylic acids is 1. The second kappa shape index (κ2) is 6.35. The number of anilines is 1. The number of nitrogens with one attached hydrogen (secondary N) is 1. The van der Waals surface area contributed by atoms with E-state index < -0.39 is 5.41 Å². The Kier molecular flexibility index (Phi) is 4.76. The Bertz CT molecular complexity index is 490. The molecule has 0 unspecified atom stereocenters. The van der Waals surface area contributed by atoms with Crippen molar-refractivity contribution in [3.05, 3.63) is 29.8 Å². The predicted molar refractivity (Wildman–Crippen MR) is 86.8 cm³/mol. The molecule has 1 amide bonds. The molecular weight excluding hydrogens is 268 g/mol. The lowest BCUT2D eigenvalue weighted by atomic mass is 9.73. The number of carbonyl (C=O) groups is 1. The van der Waals surface area contributed by atoms with E-state index in [9.17, 15) is 4.79 Å². The van der Waals surface area contributed by atoms with Crippen molar-refractivity contribution < 1.29 is 4.79 Å². The van der Waals surface area contributed by atoms with Crippen LogP contribution < -0.4 is 11.1 Å². The number of nitrogens with two attached hydrogens (primary N) is 1. The molecule has 1 saturated carbocycles. The van der Waals surface area contributed by atoms with Crippen molar-refractivity contribution in [3.63, 3.8) is 0 Å². The van der Waals surface area contributed by atoms with E-state index in [0.29, 0.717) is 4.99 Å². The lowest BCUT2D eigenvalue weighted by molar-refractivity contribution is -0.123. The molecule has 0 saturated heterocycles. The molecule has 1 aliphatic carbocycles. The summed E-state index contributed by atoms with van der Waals surface area (Å²) in [6.45, 7) is 2.11. The summed E-state index contributed by atoms with van der Waals surface area (Å²) in [4.78, 5) is 12.9. The zero-order valence-electron chi connectivity index (χ0n) is 11.9. The van der Waals surface area contributed by atoms with Crippen molar-refractivity contribution >= 4 is 28.8 Å². The van der Waals surface area contributed by atoms with E-state index in [1.807, 2.05) is 24.3 Å². The summed E-state index contributed by atoms with van der Waals surface area (Å²) in [6.07, 6.45) is 5.70. The summed E-state index contributed by atoms with van der Waals surface area (Å²) < 4.78 is 0. The molecule has 1 fully saturated rings. The topological polar surface area (TPSA) is 55.1 Å². The van der Waals surface area contributed by atoms with Gasteiger partial charge >= 0.3 is 0 Å². The van der Waals surface area contributed by atoms with E-state index >= 15 is 0 Å². The Labute approximate surface area is 125 Å². The lowest BCUT2D eigenvalue weighted by Crippen LogP contribution is -2.47. The molecule has 1 aliphatic rings. The Hall–Kier alpha value is -1.42. The van der Waals surface area contributed by atoms with Crippen LogP contribution in [0.4, 0.5) is 5.69 Å². The number of aryl methyl sites for hydroxylation is 1. The predicted octanol–water partition coefficient (Wildman–Crippen LogP) is 3.42. The van der Waals surface area contributed by atoms with E-state index in [1.165, 1.54) is 5.56 Å². The third kappa shape index (κ3) is 3.01. The molecule has 0 heterocycles. The van der Waals surface area contributed by atoms with Gasteiger partial charge in [-0.05, 0) is 37.0 Å². The molecule has 0 spiro atoms. The highest BCUT2D eigenvalue weighted by molar-refractivity contribution is 7.80. The molecule has 1 aromatic carbocycles. The van der Waals surface area contributed by atoms with Crippen LogP contribution in [0.3, 0.4) is 0 Å². The minimum absolute atomic E-state index is 0.0473. The van der Waals surface area contributed by atoms with Crippen molar-refractivity contribution in [3.8, 4) is 0 Å². The highest BCUT2D eigenvalue weighted by Gasteiger charge is 2.42. The lowest BCUT2D eigenvalue weighted by Gasteiger charge is -2.34. The number of hydrogen-bond acceptors (Lipinski definition) is 2. The van der Waals surface area contributed by atoms with E-state index in [0.717, 1.165) is 44.2 Å². The maximum absolute atomic E-state index is 12.6. The average molecular weight is 290 g/mol. The van der Waals surface area contributed by atoms with E-state index in [-0.39, 0.29) is 5.91 Å². The third-order valence-electron chi connectivity index (χ3n) is 4.23. The normalized spacial score (nSPS) is 17.4. The Morgan fingerprint density at radius 3 is 2.35 bits per heavy atom. The fourth-order valence-electron chi connectivity index (χ4n) is 2.82. The molecular formula is C16H22N2OS. The van der Waals surface area contributed by atoms with Gasteiger partial charge in [0, 0.05) is 5.69 Å². The summed E-state index contributed by atoms with van der Waals surface area (Å²) in [7, 11) is 0. The standard InChI is InChI=1S/C16H22N2OS/c1-2-12-6-8-13(9-7-12)18-15(19)16(14(17)20)10-4-3-5-11-16/h6-9H,2-5,10-11H2,1H3,(H2,17,20)(H,18,19). The maximum atomic E-state index is 12.6. The molecule has 0 radical (unpaired) electrons. The third-order valence-corrected chi connectivity index (χ3v) is 4.62. The maximum Gasteiger partial charge on any atom is 0.237 e. The zero-order valence-corrected chi connectivity index (χ0v) is 12.8. The van der Waals surface area contributed by atoms with E-state index in [1.54, 1.807) is 0 Å². The van der Waals surface area contributed by atoms with Gasteiger partial charge in [0.2, 0.25) is 5.91 Å². The van der Waals surface area contributed by atoms with Crippen LogP contribution in [0.1, 0.15) is 44.6 Å². The van der Waals surface area contributed by atoms with Crippen LogP contribution in [0.15, 0.2) is 24.3 Å². The van der Waals surface area contributed by atoms with Gasteiger partial charge in [-0.3, -0.25) is 4.79 Å². The molecule has 3 N–H and O–H groups in total. The van der Waals surface area contributed by atoms with Crippen LogP contribution in [0, 0.1) is 5.41 Å². The summed E-state index contributed by atoms with van der Waals surface area (Å²) in [5.74, 6) is -0.0473. The van der Waals surface area contributed by atoms with Crippen molar-refractivity contribution in [2.75, 3.05) is 5.32 Å². The summed E-state index contributed by atoms with van der Waals surface area (Å²) in [5.41, 5.74) is 7.28. The van der Waals surface area contributed by atoms with Gasteiger partial charge in [-0.15, -0.1) is 0 Å². The fraction of sp³-hybridized carbons (Fsp3) is 0.500. The van der Waals surface area contributed by atoms with Crippen LogP contribution in [-0.4, -0.2) is 10.9 Å². The van der Waals surface area contributed by atoms with Crippen molar-refractivity contribution in [1.82, 2.24) is 0 Å². The van der Waals surface area contributed by atoms with E-state index in [2.05, 4.69) is 12.2 Å². The number of hydrogen-bond donors (Lipinski definition) is 2. The smallest absolute Gasteiger partial charge is 0.237 e. The highest BCUT2D eigenvalue weighted by Crippen LogP contribution is 2.37. The van der Waals surface area contributed by atoms with Crippen LogP contribution in [-0.2, 0) is 11.2 Å². The van der Waals surface area contributed by atoms with Gasteiger partial charge in [0.1, 0.15) is 0 Å². The number of benzene rings is 1. The average Bonchev–Trinajstić information content (AvgIpc) is 2.48. The highest BCUT2D eigenvalue weighted by atomic mass is 32.1. The van der Waals surface area contributed by atoms with Crippen LogP contribution in [0.5, 0.6) is 0 Å². The molecule has 1 aromatic rings. The molecule has 4 heteroatoms. The van der Waals surface area contributed by atoms with Gasteiger partial charge in [-0.1, -0.05) is 50.5 Å². The Balaban J connectivity index is 2.13. The molecule has 0 atom stereocenters. The summed E-state index contributed by atoms with van der Waals surface area (Å²) in [6, 6.07) is 7.94. The quantitative estimate of drug-likeness (QED) is 0.835. The molecule has 2 rings (SSSR count). The van der Waals surface area contributed by atoms with Crippen molar-refractivity contribution in [2.45, 2.75) is 45.4 Å². The minimum atomic E-state index is -0.656. The van der Waals surface area contributed by atoms with Crippen molar-refractivity contribution in [2.24, 2.45) is 11.1 Å². The van der Waals surface area contributed by atoms with Gasteiger partial charge in [-0.2, -0.15) is 0 Å². The first-order valence-corrected chi connectivity index (χ1v) is 7.69. The molecule has 0 bridgehead atoms. The van der Waals surface area contributed by atoms with Crippen LogP contribution in [0.25, 0.3) is 0 Å². The zero-order chi connectivity index (χ0) is 14.6. The summed E-state index contributed by atoms with van der Waals surface area (Å²) >= 11 is 5.18. The van der Waals surface area contributed by atoms with Gasteiger partial charge in [-0.25, -0.2) is 0 Å². The SMILES string of the molecule is CCc1ccc(NC(=O)C2(C(N)=S)CCCCC2)cc1. The summed E-state index contributed by atoms with van der Waals surface area (Å²) in [5, 5.41) is 2.98. The molecule has 108 valence electrons. The van der Waals surface area contributed by atoms with Gasteiger partial charge in [0.25, 0.3) is 0 Å². The monoisotopic (exact) mass is 290 g/mol. The second-order valence-corrected chi connectivity index (χ2v) is 5.95. The van der Waals surface area contributed by atoms with Crippen LogP contribution >= 0.6 is 12.2 Å². The van der Waals surface area contributed by atoms with Gasteiger partial charge in [0.15, 0.2) is 0 Å². The molecule has 0 aromatic heterocycles. The molecule has 3 nitrogen and oxygen atoms in total. The largest absolute Gasteiger partial charge is 0.392 e. The number of rotatable bonds is 4. The van der Waals surface area contributed by atoms with Crippen molar-refractivity contribution in [1.29, 1.82) is 0 Å².